The molecular weight excluding hydrogens is 232 g/mol. The molecule has 0 atom stereocenters. The van der Waals surface area contributed by atoms with E-state index >= 15 is 0 Å². The van der Waals surface area contributed by atoms with E-state index in [0.29, 0.717) is 0 Å². The van der Waals surface area contributed by atoms with E-state index in [1.807, 2.05) is 11.7 Å². The summed E-state index contributed by atoms with van der Waals surface area (Å²) in [5.74, 6) is 0. The standard InChI is InChI=1S/C17H24N2/c1-7-15-12(2)16(18-19(15)6)13-8-10-14(11-9-13)17(3,4)5/h8-11H,7H2,1-6H3. The van der Waals surface area contributed by atoms with Crippen LogP contribution >= 0.6 is 0 Å². The van der Waals surface area contributed by atoms with Crippen LogP contribution in [0.25, 0.3) is 11.3 Å². The smallest absolute Gasteiger partial charge is 0.0955 e. The lowest BCUT2D eigenvalue weighted by Gasteiger charge is -2.19. The zero-order valence-electron chi connectivity index (χ0n) is 12.9. The number of rotatable bonds is 2. The Balaban J connectivity index is 2.43. The highest BCUT2D eigenvalue weighted by Gasteiger charge is 2.15. The molecule has 19 heavy (non-hydrogen) atoms. The lowest BCUT2D eigenvalue weighted by atomic mass is 9.86. The van der Waals surface area contributed by atoms with E-state index in [4.69, 9.17) is 0 Å². The van der Waals surface area contributed by atoms with Gasteiger partial charge in [-0.05, 0) is 29.9 Å². The van der Waals surface area contributed by atoms with Crippen LogP contribution in [0.4, 0.5) is 0 Å². The summed E-state index contributed by atoms with van der Waals surface area (Å²) >= 11 is 0. The van der Waals surface area contributed by atoms with E-state index in [2.05, 4.69) is 64.0 Å². The third-order valence-corrected chi connectivity index (χ3v) is 3.79. The Morgan fingerprint density at radius 3 is 2.11 bits per heavy atom. The van der Waals surface area contributed by atoms with Gasteiger partial charge in [0.25, 0.3) is 0 Å². The SMILES string of the molecule is CCc1c(C)c(-c2ccc(C(C)(C)C)cc2)nn1C. The summed E-state index contributed by atoms with van der Waals surface area (Å²) < 4.78 is 2.00. The monoisotopic (exact) mass is 256 g/mol. The van der Waals surface area contributed by atoms with Gasteiger partial charge in [-0.25, -0.2) is 0 Å². The van der Waals surface area contributed by atoms with Crippen LogP contribution in [0, 0.1) is 6.92 Å². The molecule has 1 aromatic heterocycles. The summed E-state index contributed by atoms with van der Waals surface area (Å²) in [5.41, 5.74) is 6.50. The number of hydrogen-bond acceptors (Lipinski definition) is 1. The molecule has 2 rings (SSSR count). The van der Waals surface area contributed by atoms with Crippen molar-refractivity contribution >= 4 is 0 Å². The summed E-state index contributed by atoms with van der Waals surface area (Å²) in [6, 6.07) is 8.81. The van der Waals surface area contributed by atoms with Crippen LogP contribution in [0.1, 0.15) is 44.5 Å². The minimum atomic E-state index is 0.201. The molecule has 2 aromatic rings. The quantitative estimate of drug-likeness (QED) is 0.785. The highest BCUT2D eigenvalue weighted by molar-refractivity contribution is 5.64. The molecule has 0 aliphatic rings. The van der Waals surface area contributed by atoms with Crippen LogP contribution in [0.15, 0.2) is 24.3 Å². The van der Waals surface area contributed by atoms with Gasteiger partial charge in [0, 0.05) is 18.3 Å². The van der Waals surface area contributed by atoms with Crippen molar-refractivity contribution in [3.63, 3.8) is 0 Å². The lowest BCUT2D eigenvalue weighted by molar-refractivity contribution is 0.590. The summed E-state index contributed by atoms with van der Waals surface area (Å²) in [5, 5.41) is 4.66. The highest BCUT2D eigenvalue weighted by atomic mass is 15.3. The van der Waals surface area contributed by atoms with Gasteiger partial charge in [-0.2, -0.15) is 5.10 Å². The van der Waals surface area contributed by atoms with E-state index in [1.165, 1.54) is 22.4 Å². The fourth-order valence-electron chi connectivity index (χ4n) is 2.56. The number of aromatic nitrogens is 2. The first kappa shape index (κ1) is 13.9. The van der Waals surface area contributed by atoms with E-state index in [-0.39, 0.29) is 5.41 Å². The second kappa shape index (κ2) is 4.84. The van der Waals surface area contributed by atoms with Crippen molar-refractivity contribution < 1.29 is 0 Å². The second-order valence-electron chi connectivity index (χ2n) is 6.22. The molecule has 0 fully saturated rings. The Bertz CT molecular complexity index is 569. The Hall–Kier alpha value is -1.57. The molecule has 0 aliphatic carbocycles. The molecule has 1 heterocycles. The Morgan fingerprint density at radius 2 is 1.68 bits per heavy atom. The van der Waals surface area contributed by atoms with E-state index in [0.717, 1.165) is 12.1 Å². The normalized spacial score (nSPS) is 11.9. The molecule has 1 aromatic carbocycles. The Kier molecular flexibility index (Phi) is 3.53. The van der Waals surface area contributed by atoms with Crippen molar-refractivity contribution in [1.29, 1.82) is 0 Å². The molecule has 0 saturated heterocycles. The number of benzene rings is 1. The van der Waals surface area contributed by atoms with E-state index in [9.17, 15) is 0 Å². The average molecular weight is 256 g/mol. The maximum Gasteiger partial charge on any atom is 0.0955 e. The molecule has 0 unspecified atom stereocenters. The minimum absolute atomic E-state index is 0.201. The van der Waals surface area contributed by atoms with Gasteiger partial charge in [0.15, 0.2) is 0 Å². The van der Waals surface area contributed by atoms with Crippen molar-refractivity contribution in [1.82, 2.24) is 9.78 Å². The summed E-state index contributed by atoms with van der Waals surface area (Å²) in [6.07, 6.45) is 1.02. The lowest BCUT2D eigenvalue weighted by Crippen LogP contribution is -2.10. The molecule has 2 nitrogen and oxygen atoms in total. The molecule has 2 heteroatoms. The molecule has 0 N–H and O–H groups in total. The summed E-state index contributed by atoms with van der Waals surface area (Å²) in [6.45, 7) is 11.1. The van der Waals surface area contributed by atoms with Gasteiger partial charge in [0.05, 0.1) is 5.69 Å². The van der Waals surface area contributed by atoms with Gasteiger partial charge in [-0.1, -0.05) is 52.0 Å². The van der Waals surface area contributed by atoms with Crippen LogP contribution < -0.4 is 0 Å². The average Bonchev–Trinajstić information content (AvgIpc) is 2.63. The van der Waals surface area contributed by atoms with Gasteiger partial charge in [0.1, 0.15) is 0 Å². The molecule has 0 bridgehead atoms. The first-order valence-corrected chi connectivity index (χ1v) is 6.98. The van der Waals surface area contributed by atoms with Crippen LogP contribution in [0.5, 0.6) is 0 Å². The van der Waals surface area contributed by atoms with Crippen LogP contribution in [0.2, 0.25) is 0 Å². The Labute approximate surface area is 116 Å². The maximum atomic E-state index is 4.66. The van der Waals surface area contributed by atoms with Crippen molar-refractivity contribution in [2.45, 2.75) is 46.5 Å². The van der Waals surface area contributed by atoms with Gasteiger partial charge in [-0.3, -0.25) is 4.68 Å². The zero-order chi connectivity index (χ0) is 14.2. The van der Waals surface area contributed by atoms with Crippen molar-refractivity contribution in [3.05, 3.63) is 41.1 Å². The molecule has 102 valence electrons. The maximum absolute atomic E-state index is 4.66. The molecule has 0 radical (unpaired) electrons. The molecule has 0 amide bonds. The third kappa shape index (κ3) is 2.58. The van der Waals surface area contributed by atoms with Crippen LogP contribution in [0.3, 0.4) is 0 Å². The first-order chi connectivity index (χ1) is 8.84. The first-order valence-electron chi connectivity index (χ1n) is 6.98. The number of nitrogens with zero attached hydrogens (tertiary/aromatic N) is 2. The van der Waals surface area contributed by atoms with Crippen molar-refractivity contribution in [3.8, 4) is 11.3 Å². The fourth-order valence-corrected chi connectivity index (χ4v) is 2.56. The highest BCUT2D eigenvalue weighted by Crippen LogP contribution is 2.28. The van der Waals surface area contributed by atoms with Crippen molar-refractivity contribution in [2.24, 2.45) is 7.05 Å². The predicted molar refractivity (Wildman–Crippen MR) is 81.5 cm³/mol. The van der Waals surface area contributed by atoms with Gasteiger partial charge >= 0.3 is 0 Å². The number of aryl methyl sites for hydroxylation is 1. The van der Waals surface area contributed by atoms with Crippen LogP contribution in [-0.2, 0) is 18.9 Å². The van der Waals surface area contributed by atoms with Gasteiger partial charge in [-0.15, -0.1) is 0 Å². The second-order valence-corrected chi connectivity index (χ2v) is 6.22. The molecular formula is C17H24N2. The Morgan fingerprint density at radius 1 is 1.11 bits per heavy atom. The van der Waals surface area contributed by atoms with E-state index < -0.39 is 0 Å². The summed E-state index contributed by atoms with van der Waals surface area (Å²) in [4.78, 5) is 0. The minimum Gasteiger partial charge on any atom is -0.272 e. The number of hydrogen-bond donors (Lipinski definition) is 0. The largest absolute Gasteiger partial charge is 0.272 e. The molecule has 0 spiro atoms. The van der Waals surface area contributed by atoms with Crippen molar-refractivity contribution in [2.75, 3.05) is 0 Å². The van der Waals surface area contributed by atoms with Gasteiger partial charge < -0.3 is 0 Å². The topological polar surface area (TPSA) is 17.8 Å². The predicted octanol–water partition coefficient (Wildman–Crippen LogP) is 4.26. The van der Waals surface area contributed by atoms with Gasteiger partial charge in [0.2, 0.25) is 0 Å². The third-order valence-electron chi connectivity index (χ3n) is 3.79. The molecule has 0 aliphatic heterocycles. The fraction of sp³-hybridized carbons (Fsp3) is 0.471. The van der Waals surface area contributed by atoms with Crippen LogP contribution in [-0.4, -0.2) is 9.78 Å². The zero-order valence-corrected chi connectivity index (χ0v) is 12.9. The van der Waals surface area contributed by atoms with E-state index in [1.54, 1.807) is 0 Å². The molecule has 0 saturated carbocycles. The summed E-state index contributed by atoms with van der Waals surface area (Å²) in [7, 11) is 2.03.